The van der Waals surface area contributed by atoms with Crippen molar-refractivity contribution < 1.29 is 24.2 Å². The van der Waals surface area contributed by atoms with Gasteiger partial charge >= 0.3 is 11.9 Å². The van der Waals surface area contributed by atoms with E-state index in [-0.39, 0.29) is 18.4 Å². The van der Waals surface area contributed by atoms with E-state index in [9.17, 15) is 14.4 Å². The molecule has 2 N–H and O–H groups in total. The van der Waals surface area contributed by atoms with Crippen LogP contribution in [-0.4, -0.2) is 36.1 Å². The average Bonchev–Trinajstić information content (AvgIpc) is 3.34. The summed E-state index contributed by atoms with van der Waals surface area (Å²) >= 11 is 0. The molecule has 1 aliphatic rings. The lowest BCUT2D eigenvalue weighted by molar-refractivity contribution is -0.152. The van der Waals surface area contributed by atoms with Crippen LogP contribution in [0, 0.1) is 5.41 Å². The van der Waals surface area contributed by atoms with Gasteiger partial charge in [-0.25, -0.2) is 0 Å². The van der Waals surface area contributed by atoms with Gasteiger partial charge in [-0.05, 0) is 31.2 Å². The van der Waals surface area contributed by atoms with E-state index in [4.69, 9.17) is 9.84 Å². The van der Waals surface area contributed by atoms with Crippen LogP contribution in [0.25, 0.3) is 0 Å². The third kappa shape index (κ3) is 4.31. The quantitative estimate of drug-likeness (QED) is 0.560. The Bertz CT molecular complexity index is 580. The number of aliphatic carboxylic acids is 1. The molecule has 1 aromatic rings. The van der Waals surface area contributed by atoms with Gasteiger partial charge in [0.1, 0.15) is 5.41 Å². The summed E-state index contributed by atoms with van der Waals surface area (Å²) in [6.45, 7) is 0. The highest BCUT2D eigenvalue weighted by atomic mass is 16.5. The summed E-state index contributed by atoms with van der Waals surface area (Å²) < 4.78 is 4.70. The van der Waals surface area contributed by atoms with Gasteiger partial charge in [-0.3, -0.25) is 14.4 Å². The molecule has 1 saturated carbocycles. The van der Waals surface area contributed by atoms with Gasteiger partial charge in [0.2, 0.25) is 5.91 Å². The Labute approximate surface area is 134 Å². The van der Waals surface area contributed by atoms with Crippen molar-refractivity contribution in [2.75, 3.05) is 7.11 Å². The summed E-state index contributed by atoms with van der Waals surface area (Å²) in [5, 5.41) is 11.7. The molecule has 1 fully saturated rings. The lowest BCUT2D eigenvalue weighted by Gasteiger charge is -2.21. The van der Waals surface area contributed by atoms with E-state index in [0.29, 0.717) is 25.7 Å². The summed E-state index contributed by atoms with van der Waals surface area (Å²) in [4.78, 5) is 35.0. The van der Waals surface area contributed by atoms with Crippen LogP contribution < -0.4 is 5.32 Å². The van der Waals surface area contributed by atoms with Gasteiger partial charge < -0.3 is 15.2 Å². The second-order valence-corrected chi connectivity index (χ2v) is 5.87. The minimum Gasteiger partial charge on any atom is -0.481 e. The number of ether oxygens (including phenoxy) is 1. The van der Waals surface area contributed by atoms with Gasteiger partial charge in [-0.1, -0.05) is 30.3 Å². The molecule has 1 aromatic carbocycles. The summed E-state index contributed by atoms with van der Waals surface area (Å²) in [7, 11) is 1.27. The summed E-state index contributed by atoms with van der Waals surface area (Å²) in [6.07, 6.45) is 1.75. The highest BCUT2D eigenvalue weighted by Crippen LogP contribution is 2.47. The van der Waals surface area contributed by atoms with Gasteiger partial charge in [-0.2, -0.15) is 0 Å². The molecular formula is C17H21NO5. The number of benzene rings is 1. The molecule has 0 saturated heterocycles. The fraction of sp³-hybridized carbons (Fsp3) is 0.471. The Kier molecular flexibility index (Phi) is 5.36. The number of carbonyl (C=O) groups excluding carboxylic acids is 2. The minimum absolute atomic E-state index is 0.0387. The van der Waals surface area contributed by atoms with E-state index < -0.39 is 17.4 Å². The molecule has 0 aliphatic heterocycles. The zero-order valence-corrected chi connectivity index (χ0v) is 13.1. The normalized spacial score (nSPS) is 16.2. The molecule has 0 radical (unpaired) electrons. The minimum atomic E-state index is -1.08. The van der Waals surface area contributed by atoms with Crippen LogP contribution in [0.3, 0.4) is 0 Å². The number of carboxylic acid groups (broad SMARTS) is 1. The highest BCUT2D eigenvalue weighted by molar-refractivity contribution is 6.05. The van der Waals surface area contributed by atoms with Gasteiger partial charge in [0, 0.05) is 12.5 Å². The van der Waals surface area contributed by atoms with Crippen molar-refractivity contribution >= 4 is 17.8 Å². The average molecular weight is 319 g/mol. The van der Waals surface area contributed by atoms with Crippen molar-refractivity contribution in [3.63, 3.8) is 0 Å². The molecular weight excluding hydrogens is 298 g/mol. The molecule has 23 heavy (non-hydrogen) atoms. The smallest absolute Gasteiger partial charge is 0.321 e. The second-order valence-electron chi connectivity index (χ2n) is 5.87. The number of amides is 1. The maximum absolute atomic E-state index is 12.4. The molecule has 0 bridgehead atoms. The van der Waals surface area contributed by atoms with E-state index >= 15 is 0 Å². The standard InChI is InChI=1S/C17H21NO5/c1-23-16(22)17(9-10-17)15(21)18-13(7-8-14(19)20)11-12-5-3-2-4-6-12/h2-6,13H,7-11H2,1H3,(H,18,21)(H,19,20). The molecule has 6 nitrogen and oxygen atoms in total. The topological polar surface area (TPSA) is 92.7 Å². The van der Waals surface area contributed by atoms with Crippen LogP contribution in [-0.2, 0) is 25.5 Å². The third-order valence-electron chi connectivity index (χ3n) is 4.13. The van der Waals surface area contributed by atoms with E-state index in [1.54, 1.807) is 0 Å². The molecule has 1 aliphatic carbocycles. The number of methoxy groups -OCH3 is 1. The Hall–Kier alpha value is -2.37. The Morgan fingerprint density at radius 2 is 1.91 bits per heavy atom. The monoisotopic (exact) mass is 319 g/mol. The molecule has 1 unspecified atom stereocenters. The number of esters is 1. The Morgan fingerprint density at radius 3 is 2.43 bits per heavy atom. The van der Waals surface area contributed by atoms with Crippen molar-refractivity contribution in [2.45, 2.75) is 38.1 Å². The zero-order valence-electron chi connectivity index (χ0n) is 13.1. The van der Waals surface area contributed by atoms with E-state index in [1.807, 2.05) is 30.3 Å². The van der Waals surface area contributed by atoms with E-state index in [2.05, 4.69) is 5.32 Å². The maximum Gasteiger partial charge on any atom is 0.321 e. The van der Waals surface area contributed by atoms with Crippen LogP contribution in [0.5, 0.6) is 0 Å². The molecule has 0 spiro atoms. The number of rotatable bonds is 8. The zero-order chi connectivity index (χ0) is 16.9. The molecule has 1 amide bonds. The molecule has 2 rings (SSSR count). The lowest BCUT2D eigenvalue weighted by Crippen LogP contribution is -2.44. The molecule has 124 valence electrons. The predicted molar refractivity (Wildman–Crippen MR) is 82.6 cm³/mol. The Morgan fingerprint density at radius 1 is 1.26 bits per heavy atom. The van der Waals surface area contributed by atoms with Crippen molar-refractivity contribution in [3.8, 4) is 0 Å². The highest BCUT2D eigenvalue weighted by Gasteiger charge is 2.58. The number of nitrogens with one attached hydrogen (secondary N) is 1. The number of hydrogen-bond acceptors (Lipinski definition) is 4. The van der Waals surface area contributed by atoms with E-state index in [0.717, 1.165) is 5.56 Å². The van der Waals surface area contributed by atoms with Crippen LogP contribution in [0.2, 0.25) is 0 Å². The van der Waals surface area contributed by atoms with Gasteiger partial charge in [0.25, 0.3) is 0 Å². The van der Waals surface area contributed by atoms with Crippen molar-refractivity contribution in [3.05, 3.63) is 35.9 Å². The molecule has 0 heterocycles. The van der Waals surface area contributed by atoms with Crippen LogP contribution >= 0.6 is 0 Å². The van der Waals surface area contributed by atoms with Crippen LogP contribution in [0.15, 0.2) is 30.3 Å². The SMILES string of the molecule is COC(=O)C1(C(=O)NC(CCC(=O)O)Cc2ccccc2)CC1. The number of hydrogen-bond donors (Lipinski definition) is 2. The number of carbonyl (C=O) groups is 3. The number of carboxylic acids is 1. The second kappa shape index (κ2) is 7.26. The summed E-state index contributed by atoms with van der Waals surface area (Å²) in [5.41, 5.74) is -0.0708. The first-order chi connectivity index (χ1) is 11.0. The summed E-state index contributed by atoms with van der Waals surface area (Å²) in [6, 6.07) is 9.19. The Balaban J connectivity index is 2.03. The van der Waals surface area contributed by atoms with Gasteiger partial charge in [-0.15, -0.1) is 0 Å². The van der Waals surface area contributed by atoms with Gasteiger partial charge in [0.15, 0.2) is 0 Å². The fourth-order valence-corrected chi connectivity index (χ4v) is 2.59. The molecule has 0 aromatic heterocycles. The first-order valence-corrected chi connectivity index (χ1v) is 7.63. The molecule has 1 atom stereocenters. The van der Waals surface area contributed by atoms with Crippen molar-refractivity contribution in [1.82, 2.24) is 5.32 Å². The van der Waals surface area contributed by atoms with E-state index in [1.165, 1.54) is 7.11 Å². The molecule has 6 heteroatoms. The maximum atomic E-state index is 12.4. The first kappa shape index (κ1) is 17.0. The largest absolute Gasteiger partial charge is 0.481 e. The van der Waals surface area contributed by atoms with Crippen molar-refractivity contribution in [1.29, 1.82) is 0 Å². The predicted octanol–water partition coefficient (Wildman–Crippen LogP) is 1.53. The fourth-order valence-electron chi connectivity index (χ4n) is 2.59. The summed E-state index contributed by atoms with van der Waals surface area (Å²) in [5.74, 6) is -1.80. The lowest BCUT2D eigenvalue weighted by atomic mass is 9.99. The third-order valence-corrected chi connectivity index (χ3v) is 4.13. The van der Waals surface area contributed by atoms with Gasteiger partial charge in [0.05, 0.1) is 7.11 Å². The van der Waals surface area contributed by atoms with Crippen LogP contribution in [0.1, 0.15) is 31.2 Å². The van der Waals surface area contributed by atoms with Crippen LogP contribution in [0.4, 0.5) is 0 Å². The first-order valence-electron chi connectivity index (χ1n) is 7.63. The van der Waals surface area contributed by atoms with Crippen molar-refractivity contribution in [2.24, 2.45) is 5.41 Å².